The summed E-state index contributed by atoms with van der Waals surface area (Å²) in [6.07, 6.45) is 0. The number of hydrogen-bond donors (Lipinski definition) is 2. The fourth-order valence-electron chi connectivity index (χ4n) is 0.935. The third-order valence-electron chi connectivity index (χ3n) is 1.78. The van der Waals surface area contributed by atoms with E-state index in [4.69, 9.17) is 5.73 Å². The largest absolute Gasteiger partial charge is 0.374 e. The van der Waals surface area contributed by atoms with Crippen LogP contribution in [0.3, 0.4) is 0 Å². The molecule has 0 fully saturated rings. The van der Waals surface area contributed by atoms with Crippen molar-refractivity contribution in [3.8, 4) is 0 Å². The molecule has 0 aliphatic rings. The van der Waals surface area contributed by atoms with Crippen LogP contribution in [-0.4, -0.2) is 11.1 Å². The molecular formula is C9H12INO. The second-order valence-corrected chi connectivity index (χ2v) is 4.47. The van der Waals surface area contributed by atoms with Gasteiger partial charge in [0.2, 0.25) is 0 Å². The number of halogens is 1. The van der Waals surface area contributed by atoms with Gasteiger partial charge >= 0.3 is 0 Å². The summed E-state index contributed by atoms with van der Waals surface area (Å²) in [6, 6.07) is 9.16. The van der Waals surface area contributed by atoms with Gasteiger partial charge in [0.25, 0.3) is 0 Å². The first-order valence-corrected chi connectivity index (χ1v) is 4.85. The lowest BCUT2D eigenvalue weighted by atomic mass is 10.0. The van der Waals surface area contributed by atoms with Crippen LogP contribution in [0.15, 0.2) is 30.3 Å². The average molecular weight is 277 g/mol. The monoisotopic (exact) mass is 277 g/mol. The fourth-order valence-corrected chi connectivity index (χ4v) is 1.29. The van der Waals surface area contributed by atoms with E-state index < -0.39 is 3.61 Å². The molecule has 3 N–H and O–H groups in total. The molecule has 0 heterocycles. The highest BCUT2D eigenvalue weighted by atomic mass is 127. The summed E-state index contributed by atoms with van der Waals surface area (Å²) in [7, 11) is 0. The Hall–Kier alpha value is -0.130. The van der Waals surface area contributed by atoms with E-state index in [0.29, 0.717) is 0 Å². The van der Waals surface area contributed by atoms with Crippen molar-refractivity contribution in [3.05, 3.63) is 35.9 Å². The highest BCUT2D eigenvalue weighted by molar-refractivity contribution is 14.1. The van der Waals surface area contributed by atoms with Crippen molar-refractivity contribution >= 4 is 22.6 Å². The Balaban J connectivity index is 2.98. The van der Waals surface area contributed by atoms with Crippen molar-refractivity contribution < 1.29 is 5.11 Å². The zero-order chi connectivity index (χ0) is 9.19. The van der Waals surface area contributed by atoms with E-state index in [1.165, 1.54) is 0 Å². The fraction of sp³-hybridized carbons (Fsp3) is 0.333. The van der Waals surface area contributed by atoms with Crippen molar-refractivity contribution in [3.63, 3.8) is 0 Å². The van der Waals surface area contributed by atoms with Crippen molar-refractivity contribution in [1.29, 1.82) is 0 Å². The number of benzene rings is 1. The molecule has 66 valence electrons. The maximum absolute atomic E-state index is 9.92. The molecule has 2 unspecified atom stereocenters. The molecule has 0 spiro atoms. The first-order valence-electron chi connectivity index (χ1n) is 3.77. The molecule has 1 rings (SSSR count). The van der Waals surface area contributed by atoms with E-state index in [1.54, 1.807) is 6.92 Å². The van der Waals surface area contributed by atoms with Crippen LogP contribution in [0.4, 0.5) is 0 Å². The second-order valence-electron chi connectivity index (χ2n) is 2.83. The Bertz CT molecular complexity index is 246. The van der Waals surface area contributed by atoms with Crippen molar-refractivity contribution in [1.82, 2.24) is 0 Å². The Kier molecular flexibility index (Phi) is 3.09. The summed E-state index contributed by atoms with van der Waals surface area (Å²) >= 11 is 1.96. The van der Waals surface area contributed by atoms with Crippen molar-refractivity contribution in [2.45, 2.75) is 16.6 Å². The van der Waals surface area contributed by atoms with E-state index in [9.17, 15) is 5.11 Å². The molecule has 0 aromatic heterocycles. The van der Waals surface area contributed by atoms with E-state index in [0.717, 1.165) is 5.56 Å². The normalized spacial score (nSPS) is 18.3. The van der Waals surface area contributed by atoms with Crippen molar-refractivity contribution in [2.24, 2.45) is 5.73 Å². The molecule has 2 nitrogen and oxygen atoms in total. The number of alkyl halides is 1. The zero-order valence-corrected chi connectivity index (χ0v) is 9.02. The predicted molar refractivity (Wildman–Crippen MR) is 58.0 cm³/mol. The van der Waals surface area contributed by atoms with Gasteiger partial charge in [0, 0.05) is 6.04 Å². The summed E-state index contributed by atoms with van der Waals surface area (Å²) in [5.74, 6) is 0. The topological polar surface area (TPSA) is 46.2 Å². The number of rotatable bonds is 2. The summed E-state index contributed by atoms with van der Waals surface area (Å²) in [5, 5.41) is 9.92. The van der Waals surface area contributed by atoms with Crippen LogP contribution in [0, 0.1) is 0 Å². The molecule has 3 heteroatoms. The standard InChI is InChI=1S/C9H12INO/c1-7(11)9(10,12)8-5-3-2-4-6-8/h2-7,12H,11H2,1H3. The van der Waals surface area contributed by atoms with E-state index in [-0.39, 0.29) is 6.04 Å². The minimum absolute atomic E-state index is 0.277. The minimum Gasteiger partial charge on any atom is -0.374 e. The van der Waals surface area contributed by atoms with E-state index in [2.05, 4.69) is 0 Å². The summed E-state index contributed by atoms with van der Waals surface area (Å²) < 4.78 is -0.959. The zero-order valence-electron chi connectivity index (χ0n) is 6.87. The lowest BCUT2D eigenvalue weighted by Gasteiger charge is -2.25. The van der Waals surface area contributed by atoms with E-state index in [1.807, 2.05) is 52.9 Å². The average Bonchev–Trinajstić information content (AvgIpc) is 2.06. The molecule has 0 saturated carbocycles. The van der Waals surface area contributed by atoms with Gasteiger partial charge in [0.05, 0.1) is 0 Å². The van der Waals surface area contributed by atoms with Gasteiger partial charge in [-0.2, -0.15) is 0 Å². The van der Waals surface area contributed by atoms with Crippen LogP contribution in [0.2, 0.25) is 0 Å². The Morgan fingerprint density at radius 1 is 1.42 bits per heavy atom. The van der Waals surface area contributed by atoms with Gasteiger partial charge in [-0.15, -0.1) is 0 Å². The molecule has 0 bridgehead atoms. The lowest BCUT2D eigenvalue weighted by Crippen LogP contribution is -2.37. The Morgan fingerprint density at radius 3 is 2.33 bits per heavy atom. The van der Waals surface area contributed by atoms with Gasteiger partial charge < -0.3 is 10.8 Å². The molecule has 0 saturated heterocycles. The van der Waals surface area contributed by atoms with Crippen molar-refractivity contribution in [2.75, 3.05) is 0 Å². The Labute approximate surface area is 85.9 Å². The van der Waals surface area contributed by atoms with Gasteiger partial charge in [-0.1, -0.05) is 30.3 Å². The maximum atomic E-state index is 9.92. The van der Waals surface area contributed by atoms with Crippen LogP contribution in [0.5, 0.6) is 0 Å². The molecule has 0 aliphatic heterocycles. The van der Waals surface area contributed by atoms with Gasteiger partial charge in [-0.3, -0.25) is 0 Å². The number of aliphatic hydroxyl groups is 1. The summed E-state index contributed by atoms with van der Waals surface area (Å²) in [6.45, 7) is 1.79. The number of nitrogens with two attached hydrogens (primary N) is 1. The van der Waals surface area contributed by atoms with Gasteiger partial charge in [-0.05, 0) is 35.1 Å². The second kappa shape index (κ2) is 3.72. The van der Waals surface area contributed by atoms with Crippen LogP contribution < -0.4 is 5.73 Å². The SMILES string of the molecule is CC(N)C(O)(I)c1ccccc1. The maximum Gasteiger partial charge on any atom is 0.155 e. The highest BCUT2D eigenvalue weighted by Crippen LogP contribution is 2.30. The first kappa shape index (κ1) is 9.95. The van der Waals surface area contributed by atoms with Crippen LogP contribution in [0.1, 0.15) is 12.5 Å². The van der Waals surface area contributed by atoms with Gasteiger partial charge in [0.1, 0.15) is 0 Å². The molecule has 2 atom stereocenters. The number of hydrogen-bond acceptors (Lipinski definition) is 2. The van der Waals surface area contributed by atoms with E-state index >= 15 is 0 Å². The van der Waals surface area contributed by atoms with Crippen LogP contribution in [-0.2, 0) is 3.61 Å². The molecule has 0 amide bonds. The molecule has 0 aliphatic carbocycles. The van der Waals surface area contributed by atoms with Gasteiger partial charge in [-0.25, -0.2) is 0 Å². The molecule has 12 heavy (non-hydrogen) atoms. The quantitative estimate of drug-likeness (QED) is 0.637. The molecular weight excluding hydrogens is 265 g/mol. The first-order chi connectivity index (χ1) is 5.55. The lowest BCUT2D eigenvalue weighted by molar-refractivity contribution is 0.133. The predicted octanol–water partition coefficient (Wildman–Crippen LogP) is 1.61. The molecule has 1 aromatic rings. The van der Waals surface area contributed by atoms with Crippen LogP contribution in [0.25, 0.3) is 0 Å². The molecule has 1 aromatic carbocycles. The molecule has 0 radical (unpaired) electrons. The third-order valence-corrected chi connectivity index (χ3v) is 3.39. The van der Waals surface area contributed by atoms with Crippen LogP contribution >= 0.6 is 22.6 Å². The summed E-state index contributed by atoms with van der Waals surface area (Å²) in [5.41, 5.74) is 6.49. The smallest absolute Gasteiger partial charge is 0.155 e. The Morgan fingerprint density at radius 2 is 1.92 bits per heavy atom. The summed E-state index contributed by atoms with van der Waals surface area (Å²) in [4.78, 5) is 0. The van der Waals surface area contributed by atoms with Gasteiger partial charge in [0.15, 0.2) is 3.61 Å². The minimum atomic E-state index is -0.959. The highest BCUT2D eigenvalue weighted by Gasteiger charge is 2.29. The third kappa shape index (κ3) is 1.97.